The van der Waals surface area contributed by atoms with Gasteiger partial charge >= 0.3 is 0 Å². The van der Waals surface area contributed by atoms with Crippen LogP contribution in [0, 0.1) is 0 Å². The molecule has 0 saturated carbocycles. The lowest BCUT2D eigenvalue weighted by atomic mass is 10.2. The Morgan fingerprint density at radius 1 is 1.41 bits per heavy atom. The molecule has 17 heavy (non-hydrogen) atoms. The van der Waals surface area contributed by atoms with Crippen molar-refractivity contribution in [3.63, 3.8) is 0 Å². The maximum absolute atomic E-state index is 12.0. The van der Waals surface area contributed by atoms with Crippen LogP contribution in [0.5, 0.6) is 0 Å². The van der Waals surface area contributed by atoms with Crippen molar-refractivity contribution in [2.75, 3.05) is 25.5 Å². The zero-order chi connectivity index (χ0) is 12.8. The van der Waals surface area contributed by atoms with Crippen LogP contribution in [0.15, 0.2) is 24.4 Å². The van der Waals surface area contributed by atoms with Gasteiger partial charge in [0.05, 0.1) is 0 Å². The lowest BCUT2D eigenvalue weighted by Crippen LogP contribution is -2.44. The Morgan fingerprint density at radius 2 is 2.12 bits per heavy atom. The topological polar surface area (TPSA) is 36.4 Å². The summed E-state index contributed by atoms with van der Waals surface area (Å²) in [6.07, 6.45) is 2.21. The molecule has 1 atom stereocenters. The average molecular weight is 235 g/mol. The second kappa shape index (κ2) is 6.35. The van der Waals surface area contributed by atoms with Crippen LogP contribution in [0.3, 0.4) is 0 Å². The van der Waals surface area contributed by atoms with E-state index in [1.54, 1.807) is 11.1 Å². The fraction of sp³-hybridized carbons (Fsp3) is 0.538. The summed E-state index contributed by atoms with van der Waals surface area (Å²) in [5.41, 5.74) is 0. The number of hydrogen-bond acceptors (Lipinski definition) is 3. The van der Waals surface area contributed by atoms with Crippen molar-refractivity contribution in [2.45, 2.75) is 26.3 Å². The predicted octanol–water partition coefficient (Wildman–Crippen LogP) is 1.77. The molecule has 1 aromatic rings. The maximum atomic E-state index is 12.0. The van der Waals surface area contributed by atoms with Crippen LogP contribution in [0.4, 0.5) is 5.82 Å². The molecule has 1 amide bonds. The lowest BCUT2D eigenvalue weighted by molar-refractivity contribution is -0.118. The third-order valence-electron chi connectivity index (χ3n) is 2.54. The first-order valence-corrected chi connectivity index (χ1v) is 5.94. The van der Waals surface area contributed by atoms with Crippen LogP contribution in [0.2, 0.25) is 0 Å². The summed E-state index contributed by atoms with van der Waals surface area (Å²) >= 11 is 0. The maximum Gasteiger partial charge on any atom is 0.228 e. The number of nitrogens with zero attached hydrogens (tertiary/aromatic N) is 3. The van der Waals surface area contributed by atoms with Crippen LogP contribution in [-0.4, -0.2) is 42.5 Å². The molecule has 0 aromatic carbocycles. The summed E-state index contributed by atoms with van der Waals surface area (Å²) in [5.74, 6) is 0.840. The molecule has 0 saturated heterocycles. The molecule has 0 N–H and O–H groups in total. The van der Waals surface area contributed by atoms with Gasteiger partial charge in [-0.25, -0.2) is 4.98 Å². The number of pyridine rings is 1. The van der Waals surface area contributed by atoms with E-state index in [1.807, 2.05) is 46.1 Å². The molecule has 1 aromatic heterocycles. The monoisotopic (exact) mass is 235 g/mol. The SMILES string of the molecule is CCC(=O)N(c1ccccn1)C(C)CN(C)C. The highest BCUT2D eigenvalue weighted by atomic mass is 16.2. The largest absolute Gasteiger partial charge is 0.307 e. The Kier molecular flexibility index (Phi) is 5.10. The van der Waals surface area contributed by atoms with Crippen molar-refractivity contribution >= 4 is 11.7 Å². The average Bonchev–Trinajstić information content (AvgIpc) is 2.29. The molecule has 0 aliphatic heterocycles. The van der Waals surface area contributed by atoms with E-state index in [-0.39, 0.29) is 11.9 Å². The van der Waals surface area contributed by atoms with E-state index < -0.39 is 0 Å². The minimum Gasteiger partial charge on any atom is -0.307 e. The van der Waals surface area contributed by atoms with Gasteiger partial charge in [-0.3, -0.25) is 9.69 Å². The number of rotatable bonds is 5. The van der Waals surface area contributed by atoms with E-state index in [1.165, 1.54) is 0 Å². The first-order chi connectivity index (χ1) is 8.06. The highest BCUT2D eigenvalue weighted by Crippen LogP contribution is 2.15. The molecular formula is C13H21N3O. The molecule has 4 nitrogen and oxygen atoms in total. The van der Waals surface area contributed by atoms with Gasteiger partial charge in [0.25, 0.3) is 0 Å². The molecule has 0 radical (unpaired) electrons. The fourth-order valence-electron chi connectivity index (χ4n) is 1.88. The summed E-state index contributed by atoms with van der Waals surface area (Å²) < 4.78 is 0. The smallest absolute Gasteiger partial charge is 0.228 e. The molecule has 0 aliphatic rings. The van der Waals surface area contributed by atoms with Crippen molar-refractivity contribution in [2.24, 2.45) is 0 Å². The number of amides is 1. The number of likely N-dealkylation sites (N-methyl/N-ethyl adjacent to an activating group) is 1. The Labute approximate surface area is 103 Å². The first kappa shape index (κ1) is 13.6. The zero-order valence-corrected chi connectivity index (χ0v) is 11.1. The van der Waals surface area contributed by atoms with Crippen molar-refractivity contribution in [3.05, 3.63) is 24.4 Å². The van der Waals surface area contributed by atoms with Gasteiger partial charge in [-0.05, 0) is 33.2 Å². The second-order valence-electron chi connectivity index (χ2n) is 4.42. The number of hydrogen-bond donors (Lipinski definition) is 0. The Morgan fingerprint density at radius 3 is 2.59 bits per heavy atom. The minimum absolute atomic E-state index is 0.109. The van der Waals surface area contributed by atoms with Gasteiger partial charge < -0.3 is 4.90 Å². The van der Waals surface area contributed by atoms with Crippen LogP contribution >= 0.6 is 0 Å². The third kappa shape index (κ3) is 3.82. The summed E-state index contributed by atoms with van der Waals surface area (Å²) in [6.45, 7) is 4.74. The van der Waals surface area contributed by atoms with E-state index >= 15 is 0 Å². The molecule has 4 heteroatoms. The van der Waals surface area contributed by atoms with Crippen molar-refractivity contribution in [1.82, 2.24) is 9.88 Å². The molecule has 0 fully saturated rings. The fourth-order valence-corrected chi connectivity index (χ4v) is 1.88. The summed E-state index contributed by atoms with van der Waals surface area (Å²) in [4.78, 5) is 20.1. The Bertz CT molecular complexity index is 351. The molecule has 1 heterocycles. The minimum atomic E-state index is 0.109. The molecule has 0 aliphatic carbocycles. The van der Waals surface area contributed by atoms with Gasteiger partial charge in [0, 0.05) is 25.2 Å². The van der Waals surface area contributed by atoms with Crippen LogP contribution < -0.4 is 4.90 Å². The van der Waals surface area contributed by atoms with E-state index in [2.05, 4.69) is 9.88 Å². The highest BCUT2D eigenvalue weighted by molar-refractivity contribution is 5.92. The number of carbonyl (C=O) groups is 1. The quantitative estimate of drug-likeness (QED) is 0.780. The number of carbonyl (C=O) groups excluding carboxylic acids is 1. The molecule has 0 spiro atoms. The zero-order valence-electron chi connectivity index (χ0n) is 11.1. The van der Waals surface area contributed by atoms with Gasteiger partial charge in [-0.15, -0.1) is 0 Å². The molecule has 1 rings (SSSR count). The van der Waals surface area contributed by atoms with Crippen LogP contribution in [0.1, 0.15) is 20.3 Å². The van der Waals surface area contributed by atoms with E-state index in [0.717, 1.165) is 12.4 Å². The van der Waals surface area contributed by atoms with Gasteiger partial charge in [0.2, 0.25) is 5.91 Å². The Balaban J connectivity index is 2.92. The molecular weight excluding hydrogens is 214 g/mol. The van der Waals surface area contributed by atoms with E-state index in [0.29, 0.717) is 6.42 Å². The van der Waals surface area contributed by atoms with Crippen molar-refractivity contribution < 1.29 is 4.79 Å². The number of aromatic nitrogens is 1. The highest BCUT2D eigenvalue weighted by Gasteiger charge is 2.21. The van der Waals surface area contributed by atoms with Crippen molar-refractivity contribution in [3.8, 4) is 0 Å². The summed E-state index contributed by atoms with van der Waals surface area (Å²) in [5, 5.41) is 0. The second-order valence-corrected chi connectivity index (χ2v) is 4.42. The summed E-state index contributed by atoms with van der Waals surface area (Å²) in [6, 6.07) is 5.75. The molecule has 1 unspecified atom stereocenters. The summed E-state index contributed by atoms with van der Waals surface area (Å²) in [7, 11) is 4.01. The van der Waals surface area contributed by atoms with Gasteiger partial charge in [0.15, 0.2) is 0 Å². The Hall–Kier alpha value is -1.42. The normalized spacial score (nSPS) is 12.5. The van der Waals surface area contributed by atoms with Gasteiger partial charge in [-0.2, -0.15) is 0 Å². The predicted molar refractivity (Wildman–Crippen MR) is 70.0 cm³/mol. The number of anilines is 1. The van der Waals surface area contributed by atoms with E-state index in [4.69, 9.17) is 0 Å². The van der Waals surface area contributed by atoms with Crippen LogP contribution in [-0.2, 0) is 4.79 Å². The van der Waals surface area contributed by atoms with Crippen LogP contribution in [0.25, 0.3) is 0 Å². The first-order valence-electron chi connectivity index (χ1n) is 5.94. The van der Waals surface area contributed by atoms with E-state index in [9.17, 15) is 4.79 Å². The standard InChI is InChI=1S/C13H21N3O/c1-5-13(17)16(11(2)10-15(3)4)12-8-6-7-9-14-12/h6-9,11H,5,10H2,1-4H3. The molecule has 0 bridgehead atoms. The van der Waals surface area contributed by atoms with Crippen molar-refractivity contribution in [1.29, 1.82) is 0 Å². The third-order valence-corrected chi connectivity index (χ3v) is 2.54. The molecule has 94 valence electrons. The van der Waals surface area contributed by atoms with Gasteiger partial charge in [-0.1, -0.05) is 13.0 Å². The lowest BCUT2D eigenvalue weighted by Gasteiger charge is -2.30. The van der Waals surface area contributed by atoms with Gasteiger partial charge in [0.1, 0.15) is 5.82 Å².